The van der Waals surface area contributed by atoms with Crippen LogP contribution in [0, 0.1) is 3.57 Å². The minimum Gasteiger partial charge on any atom is -0.398 e. The molecule has 0 spiro atoms. The summed E-state index contributed by atoms with van der Waals surface area (Å²) in [7, 11) is 0. The van der Waals surface area contributed by atoms with Crippen molar-refractivity contribution in [3.05, 3.63) is 26.3 Å². The number of carbonyl (C=O) groups is 3. The van der Waals surface area contributed by atoms with Gasteiger partial charge in [-0.2, -0.15) is 0 Å². The van der Waals surface area contributed by atoms with Crippen LogP contribution in [0.4, 0.5) is 5.69 Å². The molecular formula is C12H12INO3. The maximum atomic E-state index is 11.5. The molecule has 0 radical (unpaired) electrons. The highest BCUT2D eigenvalue weighted by Gasteiger charge is 2.21. The molecule has 0 aliphatic heterocycles. The van der Waals surface area contributed by atoms with Gasteiger partial charge in [0.05, 0.1) is 11.3 Å². The van der Waals surface area contributed by atoms with Crippen molar-refractivity contribution in [2.45, 2.75) is 20.8 Å². The molecule has 4 nitrogen and oxygen atoms in total. The Morgan fingerprint density at radius 3 is 1.82 bits per heavy atom. The van der Waals surface area contributed by atoms with E-state index in [0.29, 0.717) is 9.13 Å². The number of halogens is 1. The van der Waals surface area contributed by atoms with Gasteiger partial charge in [-0.3, -0.25) is 14.4 Å². The van der Waals surface area contributed by atoms with Crippen LogP contribution in [0.2, 0.25) is 0 Å². The minimum absolute atomic E-state index is 0.152. The van der Waals surface area contributed by atoms with Gasteiger partial charge in [0.15, 0.2) is 17.3 Å². The van der Waals surface area contributed by atoms with Gasteiger partial charge in [-0.15, -0.1) is 0 Å². The number of rotatable bonds is 3. The van der Waals surface area contributed by atoms with Gasteiger partial charge < -0.3 is 5.73 Å². The van der Waals surface area contributed by atoms with Crippen LogP contribution in [-0.2, 0) is 0 Å². The highest BCUT2D eigenvalue weighted by Crippen LogP contribution is 2.28. The number of nitrogen functional groups attached to an aromatic ring is 1. The second-order valence-corrected chi connectivity index (χ2v) is 4.82. The predicted octanol–water partition coefficient (Wildman–Crippen LogP) is 2.48. The molecule has 0 fully saturated rings. The van der Waals surface area contributed by atoms with Crippen molar-refractivity contribution in [3.63, 3.8) is 0 Å². The molecule has 1 aromatic rings. The molecule has 0 aromatic heterocycles. The van der Waals surface area contributed by atoms with E-state index in [1.54, 1.807) is 0 Å². The number of carbonyl (C=O) groups excluding carboxylic acids is 3. The number of hydrogen-bond donors (Lipinski definition) is 1. The maximum Gasteiger partial charge on any atom is 0.162 e. The Morgan fingerprint density at radius 2 is 1.47 bits per heavy atom. The van der Waals surface area contributed by atoms with Crippen molar-refractivity contribution in [1.82, 2.24) is 0 Å². The largest absolute Gasteiger partial charge is 0.398 e. The lowest BCUT2D eigenvalue weighted by Crippen LogP contribution is -2.13. The van der Waals surface area contributed by atoms with E-state index in [-0.39, 0.29) is 34.2 Å². The summed E-state index contributed by atoms with van der Waals surface area (Å²) in [6.07, 6.45) is 0. The van der Waals surface area contributed by atoms with E-state index in [1.807, 2.05) is 22.6 Å². The summed E-state index contributed by atoms with van der Waals surface area (Å²) in [6.45, 7) is 4.11. The minimum atomic E-state index is -0.260. The van der Waals surface area contributed by atoms with E-state index < -0.39 is 0 Å². The topological polar surface area (TPSA) is 77.2 Å². The monoisotopic (exact) mass is 345 g/mol. The molecule has 2 N–H and O–H groups in total. The van der Waals surface area contributed by atoms with Crippen molar-refractivity contribution < 1.29 is 14.4 Å². The van der Waals surface area contributed by atoms with Gasteiger partial charge >= 0.3 is 0 Å². The fraction of sp³-hybridized carbons (Fsp3) is 0.250. The second-order valence-electron chi connectivity index (χ2n) is 3.74. The summed E-state index contributed by atoms with van der Waals surface area (Å²) >= 11 is 1.90. The molecule has 0 aliphatic rings. The summed E-state index contributed by atoms with van der Waals surface area (Å²) in [5, 5.41) is 0. The Balaban J connectivity index is 3.76. The molecule has 5 heteroatoms. The van der Waals surface area contributed by atoms with E-state index in [4.69, 9.17) is 5.73 Å². The summed E-state index contributed by atoms with van der Waals surface area (Å²) < 4.78 is 0.505. The number of nitrogens with two attached hydrogens (primary N) is 1. The standard InChI is InChI=1S/C12H12INO3/c1-5(15)8-4-9(6(2)16)12(14)10(7(3)17)11(8)13/h4H,14H2,1-3H3. The van der Waals surface area contributed by atoms with Crippen molar-refractivity contribution in [2.24, 2.45) is 0 Å². The van der Waals surface area contributed by atoms with Crippen LogP contribution in [0.15, 0.2) is 6.07 Å². The lowest BCUT2D eigenvalue weighted by Gasteiger charge is -2.12. The Bertz CT molecular complexity index is 497. The Hall–Kier alpha value is -1.24. The predicted molar refractivity (Wildman–Crippen MR) is 73.6 cm³/mol. The van der Waals surface area contributed by atoms with Crippen LogP contribution in [0.3, 0.4) is 0 Å². The van der Waals surface area contributed by atoms with E-state index in [0.717, 1.165) is 0 Å². The molecule has 0 saturated heterocycles. The van der Waals surface area contributed by atoms with Crippen LogP contribution < -0.4 is 5.73 Å². The molecular weight excluding hydrogens is 333 g/mol. The lowest BCUT2D eigenvalue weighted by molar-refractivity contribution is 0.101. The zero-order valence-electron chi connectivity index (χ0n) is 9.76. The van der Waals surface area contributed by atoms with Crippen LogP contribution in [-0.4, -0.2) is 17.3 Å². The third-order valence-corrected chi connectivity index (χ3v) is 3.54. The third kappa shape index (κ3) is 2.54. The number of Topliss-reactive ketones (excluding diaryl/α,β-unsaturated/α-hetero) is 3. The quantitative estimate of drug-likeness (QED) is 0.519. The molecule has 0 unspecified atom stereocenters. The first-order valence-corrected chi connectivity index (χ1v) is 6.00. The van der Waals surface area contributed by atoms with E-state index in [1.165, 1.54) is 26.8 Å². The highest BCUT2D eigenvalue weighted by atomic mass is 127. The average Bonchev–Trinajstić information content (AvgIpc) is 2.15. The molecule has 90 valence electrons. The number of benzene rings is 1. The zero-order valence-corrected chi connectivity index (χ0v) is 11.9. The van der Waals surface area contributed by atoms with Gasteiger partial charge in [0.25, 0.3) is 0 Å². The fourth-order valence-electron chi connectivity index (χ4n) is 1.56. The van der Waals surface area contributed by atoms with Gasteiger partial charge in [-0.05, 0) is 49.4 Å². The van der Waals surface area contributed by atoms with Gasteiger partial charge in [0, 0.05) is 14.7 Å². The normalized spacial score (nSPS) is 10.1. The lowest BCUT2D eigenvalue weighted by atomic mass is 9.97. The first-order chi connectivity index (χ1) is 7.77. The Kier molecular flexibility index (Phi) is 4.03. The molecule has 0 heterocycles. The van der Waals surface area contributed by atoms with Crippen molar-refractivity contribution in [1.29, 1.82) is 0 Å². The zero-order chi connectivity index (χ0) is 13.3. The summed E-state index contributed by atoms with van der Waals surface area (Å²) in [4.78, 5) is 34.4. The number of anilines is 1. The SMILES string of the molecule is CC(=O)c1cc(C(C)=O)c(I)c(C(C)=O)c1N. The van der Waals surface area contributed by atoms with Gasteiger partial charge in [0.2, 0.25) is 0 Å². The van der Waals surface area contributed by atoms with E-state index >= 15 is 0 Å². The van der Waals surface area contributed by atoms with E-state index in [9.17, 15) is 14.4 Å². The van der Waals surface area contributed by atoms with Gasteiger partial charge in [-0.25, -0.2) is 0 Å². The fourth-order valence-corrected chi connectivity index (χ4v) is 2.77. The molecule has 0 saturated carbocycles. The summed E-state index contributed by atoms with van der Waals surface area (Å²) in [6, 6.07) is 1.45. The smallest absolute Gasteiger partial charge is 0.162 e. The van der Waals surface area contributed by atoms with Gasteiger partial charge in [-0.1, -0.05) is 0 Å². The first-order valence-electron chi connectivity index (χ1n) is 4.92. The molecule has 0 aliphatic carbocycles. The van der Waals surface area contributed by atoms with Crippen molar-refractivity contribution >= 4 is 45.6 Å². The van der Waals surface area contributed by atoms with Crippen LogP contribution in [0.5, 0.6) is 0 Å². The molecule has 0 amide bonds. The maximum absolute atomic E-state index is 11.5. The second kappa shape index (κ2) is 4.95. The van der Waals surface area contributed by atoms with E-state index in [2.05, 4.69) is 0 Å². The summed E-state index contributed by atoms with van der Waals surface area (Å²) in [5.74, 6) is -0.708. The van der Waals surface area contributed by atoms with Gasteiger partial charge in [0.1, 0.15) is 0 Å². The summed E-state index contributed by atoms with van der Waals surface area (Å²) in [5.41, 5.74) is 6.78. The first kappa shape index (κ1) is 13.8. The Labute approximate surface area is 113 Å². The van der Waals surface area contributed by atoms with Crippen LogP contribution in [0.1, 0.15) is 51.8 Å². The molecule has 1 aromatic carbocycles. The third-order valence-electron chi connectivity index (χ3n) is 2.41. The van der Waals surface area contributed by atoms with Crippen molar-refractivity contribution in [3.8, 4) is 0 Å². The van der Waals surface area contributed by atoms with Crippen LogP contribution >= 0.6 is 22.6 Å². The molecule has 0 atom stereocenters. The number of ketones is 3. The molecule has 0 bridgehead atoms. The molecule has 17 heavy (non-hydrogen) atoms. The average molecular weight is 345 g/mol. The van der Waals surface area contributed by atoms with Crippen LogP contribution in [0.25, 0.3) is 0 Å². The Morgan fingerprint density at radius 1 is 1.00 bits per heavy atom. The van der Waals surface area contributed by atoms with Crippen molar-refractivity contribution in [2.75, 3.05) is 5.73 Å². The highest BCUT2D eigenvalue weighted by molar-refractivity contribution is 14.1. The number of hydrogen-bond acceptors (Lipinski definition) is 4. The molecule has 1 rings (SSSR count).